The fourth-order valence-corrected chi connectivity index (χ4v) is 0.972. The van der Waals surface area contributed by atoms with Crippen molar-refractivity contribution in [2.45, 2.75) is 27.2 Å². The SMILES string of the molecule is CCC(=O)NN=C(C)c1ccc(C)nc1. The second kappa shape index (κ2) is 5.24. The molecule has 0 aliphatic carbocycles. The van der Waals surface area contributed by atoms with Crippen molar-refractivity contribution in [2.24, 2.45) is 5.10 Å². The fourth-order valence-electron chi connectivity index (χ4n) is 0.972. The van der Waals surface area contributed by atoms with Gasteiger partial charge < -0.3 is 0 Å². The van der Waals surface area contributed by atoms with Gasteiger partial charge in [0.05, 0.1) is 5.71 Å². The lowest BCUT2D eigenvalue weighted by Crippen LogP contribution is -2.17. The normalized spacial score (nSPS) is 11.3. The topological polar surface area (TPSA) is 54.4 Å². The first-order valence-electron chi connectivity index (χ1n) is 4.89. The molecule has 1 rings (SSSR count). The number of nitrogens with zero attached hydrogens (tertiary/aromatic N) is 2. The average molecular weight is 205 g/mol. The van der Waals surface area contributed by atoms with E-state index in [4.69, 9.17) is 0 Å². The van der Waals surface area contributed by atoms with Crippen molar-refractivity contribution in [2.75, 3.05) is 0 Å². The molecule has 1 N–H and O–H groups in total. The maximum absolute atomic E-state index is 11.0. The van der Waals surface area contributed by atoms with E-state index in [1.54, 1.807) is 13.1 Å². The van der Waals surface area contributed by atoms with Crippen LogP contribution in [0.1, 0.15) is 31.5 Å². The van der Waals surface area contributed by atoms with Crippen LogP contribution in [0.4, 0.5) is 0 Å². The average Bonchev–Trinajstić information content (AvgIpc) is 2.26. The summed E-state index contributed by atoms with van der Waals surface area (Å²) in [5, 5.41) is 3.97. The summed E-state index contributed by atoms with van der Waals surface area (Å²) >= 11 is 0. The number of rotatable bonds is 3. The minimum absolute atomic E-state index is 0.0885. The van der Waals surface area contributed by atoms with Crippen LogP contribution in [-0.4, -0.2) is 16.6 Å². The van der Waals surface area contributed by atoms with Gasteiger partial charge in [0, 0.05) is 23.9 Å². The summed E-state index contributed by atoms with van der Waals surface area (Å²) in [6.07, 6.45) is 2.18. The van der Waals surface area contributed by atoms with E-state index in [1.807, 2.05) is 26.0 Å². The highest BCUT2D eigenvalue weighted by Gasteiger charge is 1.98. The first-order chi connectivity index (χ1) is 7.13. The summed E-state index contributed by atoms with van der Waals surface area (Å²) in [6, 6.07) is 3.84. The summed E-state index contributed by atoms with van der Waals surface area (Å²) in [5.74, 6) is -0.0885. The zero-order valence-electron chi connectivity index (χ0n) is 9.24. The van der Waals surface area contributed by atoms with Crippen LogP contribution in [0.15, 0.2) is 23.4 Å². The van der Waals surface area contributed by atoms with Gasteiger partial charge in [0.25, 0.3) is 0 Å². The Morgan fingerprint density at radius 3 is 2.80 bits per heavy atom. The highest BCUT2D eigenvalue weighted by atomic mass is 16.2. The molecule has 0 aliphatic rings. The lowest BCUT2D eigenvalue weighted by Gasteiger charge is -2.01. The monoisotopic (exact) mass is 205 g/mol. The number of aromatic nitrogens is 1. The van der Waals surface area contributed by atoms with Gasteiger partial charge in [-0.1, -0.05) is 6.92 Å². The van der Waals surface area contributed by atoms with E-state index in [-0.39, 0.29) is 5.91 Å². The Hall–Kier alpha value is -1.71. The Kier molecular flexibility index (Phi) is 3.97. The zero-order valence-corrected chi connectivity index (χ0v) is 9.24. The lowest BCUT2D eigenvalue weighted by atomic mass is 10.2. The largest absolute Gasteiger partial charge is 0.273 e. The number of pyridine rings is 1. The minimum atomic E-state index is -0.0885. The highest BCUT2D eigenvalue weighted by molar-refractivity contribution is 5.98. The van der Waals surface area contributed by atoms with Crippen molar-refractivity contribution in [1.82, 2.24) is 10.4 Å². The third-order valence-corrected chi connectivity index (χ3v) is 2.00. The van der Waals surface area contributed by atoms with Crippen LogP contribution in [0.3, 0.4) is 0 Å². The van der Waals surface area contributed by atoms with Gasteiger partial charge in [-0.05, 0) is 26.0 Å². The van der Waals surface area contributed by atoms with Crippen molar-refractivity contribution in [3.8, 4) is 0 Å². The van der Waals surface area contributed by atoms with Gasteiger partial charge in [-0.3, -0.25) is 9.78 Å². The number of hydrogen-bond donors (Lipinski definition) is 1. The summed E-state index contributed by atoms with van der Waals surface area (Å²) in [5.41, 5.74) is 5.10. The van der Waals surface area contributed by atoms with E-state index in [0.29, 0.717) is 6.42 Å². The molecule has 15 heavy (non-hydrogen) atoms. The molecule has 0 unspecified atom stereocenters. The molecule has 1 aromatic rings. The molecule has 4 nitrogen and oxygen atoms in total. The number of amides is 1. The lowest BCUT2D eigenvalue weighted by molar-refractivity contribution is -0.120. The van der Waals surface area contributed by atoms with E-state index < -0.39 is 0 Å². The van der Waals surface area contributed by atoms with Gasteiger partial charge in [-0.25, -0.2) is 5.43 Å². The number of carbonyl (C=O) groups is 1. The number of hydrazone groups is 1. The van der Waals surface area contributed by atoms with Crippen molar-refractivity contribution in [1.29, 1.82) is 0 Å². The van der Waals surface area contributed by atoms with Crippen LogP contribution in [-0.2, 0) is 4.79 Å². The maximum atomic E-state index is 11.0. The number of aryl methyl sites for hydroxylation is 1. The van der Waals surface area contributed by atoms with Crippen molar-refractivity contribution < 1.29 is 4.79 Å². The molecule has 80 valence electrons. The molecule has 0 radical (unpaired) electrons. The molecular weight excluding hydrogens is 190 g/mol. The minimum Gasteiger partial charge on any atom is -0.273 e. The number of hydrogen-bond acceptors (Lipinski definition) is 3. The van der Waals surface area contributed by atoms with Gasteiger partial charge in [-0.15, -0.1) is 0 Å². The van der Waals surface area contributed by atoms with Gasteiger partial charge in [0.15, 0.2) is 0 Å². The maximum Gasteiger partial charge on any atom is 0.239 e. The molecular formula is C11H15N3O. The van der Waals surface area contributed by atoms with Crippen molar-refractivity contribution >= 4 is 11.6 Å². The van der Waals surface area contributed by atoms with Crippen LogP contribution < -0.4 is 5.43 Å². The Morgan fingerprint density at radius 1 is 1.53 bits per heavy atom. The molecule has 0 spiro atoms. The Balaban J connectivity index is 2.71. The molecule has 0 fully saturated rings. The molecule has 0 aromatic carbocycles. The first kappa shape index (κ1) is 11.4. The predicted octanol–water partition coefficient (Wildman–Crippen LogP) is 1.64. The van der Waals surface area contributed by atoms with E-state index in [0.717, 1.165) is 17.0 Å². The van der Waals surface area contributed by atoms with Gasteiger partial charge in [-0.2, -0.15) is 5.10 Å². The van der Waals surface area contributed by atoms with Gasteiger partial charge in [0.2, 0.25) is 5.91 Å². The molecule has 0 aliphatic heterocycles. The summed E-state index contributed by atoms with van der Waals surface area (Å²) < 4.78 is 0. The molecule has 1 heterocycles. The van der Waals surface area contributed by atoms with Crippen LogP contribution in [0.2, 0.25) is 0 Å². The second-order valence-electron chi connectivity index (χ2n) is 3.27. The summed E-state index contributed by atoms with van der Waals surface area (Å²) in [6.45, 7) is 5.55. The molecule has 4 heteroatoms. The predicted molar refractivity (Wildman–Crippen MR) is 59.6 cm³/mol. The third-order valence-electron chi connectivity index (χ3n) is 2.00. The van der Waals surface area contributed by atoms with Crippen LogP contribution in [0.5, 0.6) is 0 Å². The molecule has 0 saturated carbocycles. The molecule has 1 amide bonds. The van der Waals surface area contributed by atoms with E-state index >= 15 is 0 Å². The Bertz CT molecular complexity index is 368. The number of nitrogens with one attached hydrogen (secondary N) is 1. The van der Waals surface area contributed by atoms with Crippen LogP contribution in [0, 0.1) is 6.92 Å². The van der Waals surface area contributed by atoms with E-state index in [1.165, 1.54) is 0 Å². The Morgan fingerprint density at radius 2 is 2.27 bits per heavy atom. The molecule has 0 saturated heterocycles. The summed E-state index contributed by atoms with van der Waals surface area (Å²) in [7, 11) is 0. The van der Waals surface area contributed by atoms with Crippen molar-refractivity contribution in [3.05, 3.63) is 29.6 Å². The standard InChI is InChI=1S/C11H15N3O/c1-4-11(15)14-13-9(3)10-6-5-8(2)12-7-10/h5-7H,4H2,1-3H3,(H,14,15). The molecule has 1 aromatic heterocycles. The van der Waals surface area contributed by atoms with Gasteiger partial charge >= 0.3 is 0 Å². The zero-order chi connectivity index (χ0) is 11.3. The van der Waals surface area contributed by atoms with Gasteiger partial charge in [0.1, 0.15) is 0 Å². The van der Waals surface area contributed by atoms with Crippen LogP contribution >= 0.6 is 0 Å². The molecule has 0 atom stereocenters. The summed E-state index contributed by atoms with van der Waals surface area (Å²) in [4.78, 5) is 15.1. The van der Waals surface area contributed by atoms with Crippen molar-refractivity contribution in [3.63, 3.8) is 0 Å². The third kappa shape index (κ3) is 3.50. The van der Waals surface area contributed by atoms with Crippen LogP contribution in [0.25, 0.3) is 0 Å². The second-order valence-corrected chi connectivity index (χ2v) is 3.27. The highest BCUT2D eigenvalue weighted by Crippen LogP contribution is 2.00. The van der Waals surface area contributed by atoms with E-state index in [9.17, 15) is 4.79 Å². The Labute approximate surface area is 89.4 Å². The quantitative estimate of drug-likeness (QED) is 0.602. The van der Waals surface area contributed by atoms with E-state index in [2.05, 4.69) is 15.5 Å². The fraction of sp³-hybridized carbons (Fsp3) is 0.364. The number of carbonyl (C=O) groups excluding carboxylic acids is 1. The molecule has 0 bridgehead atoms. The first-order valence-corrected chi connectivity index (χ1v) is 4.89. The smallest absolute Gasteiger partial charge is 0.239 e.